The van der Waals surface area contributed by atoms with Crippen molar-refractivity contribution in [2.75, 3.05) is 5.75 Å². The molecule has 4 aliphatic carbocycles. The number of carbonyl (C=O) groups is 1. The number of rotatable bonds is 5. The van der Waals surface area contributed by atoms with Crippen molar-refractivity contribution in [2.24, 2.45) is 34.5 Å². The molecule has 1 unspecified atom stereocenters. The zero-order valence-corrected chi connectivity index (χ0v) is 21.3. The Balaban J connectivity index is 1.40. The molecule has 5 rings (SSSR count). The maximum Gasteiger partial charge on any atom is 0.302 e. The first-order valence-electron chi connectivity index (χ1n) is 13.1. The van der Waals surface area contributed by atoms with Crippen LogP contribution >= 0.6 is 11.8 Å². The number of fused-ring (bicyclic) bond motifs is 5. The molecule has 8 atom stereocenters. The Kier molecular flexibility index (Phi) is 6.46. The van der Waals surface area contributed by atoms with E-state index < -0.39 is 0 Å². The average Bonchev–Trinajstić information content (AvgIpc) is 3.18. The standard InChI is InChI=1S/C29H40O3S/c1-19(30)25-11-12-27-24-10-9-21-17-22(32-20(2)31)13-15-28(21,3)26(24)14-16-29(25,27)18-33-23-7-5-4-6-8-23/h4-9,19,22,24-27,30H,10-18H2,1-3H3/t19-,22?,24+,25+,26-,27-,28-,29-/m0/s1. The van der Waals surface area contributed by atoms with Crippen LogP contribution in [0.5, 0.6) is 0 Å². The molecule has 1 N–H and O–H groups in total. The third kappa shape index (κ3) is 4.10. The second-order valence-corrected chi connectivity index (χ2v) is 12.6. The number of hydrogen-bond acceptors (Lipinski definition) is 4. The minimum Gasteiger partial charge on any atom is -0.462 e. The van der Waals surface area contributed by atoms with E-state index in [1.807, 2.05) is 18.7 Å². The van der Waals surface area contributed by atoms with E-state index in [0.29, 0.717) is 11.8 Å². The molecule has 0 bridgehead atoms. The van der Waals surface area contributed by atoms with Crippen molar-refractivity contribution in [3.63, 3.8) is 0 Å². The highest BCUT2D eigenvalue weighted by Crippen LogP contribution is 2.67. The van der Waals surface area contributed by atoms with Crippen molar-refractivity contribution in [3.05, 3.63) is 42.0 Å². The first kappa shape index (κ1) is 23.5. The minimum atomic E-state index is -0.229. The summed E-state index contributed by atoms with van der Waals surface area (Å²) in [5, 5.41) is 10.8. The summed E-state index contributed by atoms with van der Waals surface area (Å²) in [6.45, 7) is 6.07. The molecule has 0 spiro atoms. The predicted octanol–water partition coefficient (Wildman–Crippen LogP) is 6.65. The maximum atomic E-state index is 11.5. The maximum absolute atomic E-state index is 11.5. The molecule has 0 aliphatic heterocycles. The number of benzene rings is 1. The van der Waals surface area contributed by atoms with Gasteiger partial charge in [-0.3, -0.25) is 4.79 Å². The van der Waals surface area contributed by atoms with Crippen LogP contribution in [0.1, 0.15) is 72.1 Å². The first-order chi connectivity index (χ1) is 15.8. The quantitative estimate of drug-likeness (QED) is 0.298. The van der Waals surface area contributed by atoms with Gasteiger partial charge in [0.1, 0.15) is 6.10 Å². The van der Waals surface area contributed by atoms with Gasteiger partial charge in [-0.1, -0.05) is 36.8 Å². The summed E-state index contributed by atoms with van der Waals surface area (Å²) in [6, 6.07) is 10.8. The van der Waals surface area contributed by atoms with Gasteiger partial charge in [-0.05, 0) is 98.5 Å². The molecule has 0 aromatic heterocycles. The van der Waals surface area contributed by atoms with E-state index in [2.05, 4.69) is 43.3 Å². The first-order valence-corrected chi connectivity index (χ1v) is 14.0. The van der Waals surface area contributed by atoms with Crippen LogP contribution in [0.25, 0.3) is 0 Å². The van der Waals surface area contributed by atoms with Gasteiger partial charge in [0.25, 0.3) is 0 Å². The monoisotopic (exact) mass is 468 g/mol. The number of aliphatic hydroxyl groups excluding tert-OH is 1. The number of esters is 1. The average molecular weight is 469 g/mol. The normalized spacial score (nSPS) is 40.7. The van der Waals surface area contributed by atoms with Crippen molar-refractivity contribution in [3.8, 4) is 0 Å². The zero-order valence-electron chi connectivity index (χ0n) is 20.5. The summed E-state index contributed by atoms with van der Waals surface area (Å²) in [4.78, 5) is 12.9. The SMILES string of the molecule is CC(=O)OC1CC[C@@]2(C)C(=CC[C@H]3[C@@H]4CC[C@H]([C@H](C)O)[C@@]4(CSc4ccccc4)CC[C@@H]32)C1. The van der Waals surface area contributed by atoms with Gasteiger partial charge >= 0.3 is 5.97 Å². The van der Waals surface area contributed by atoms with Crippen LogP contribution in [0, 0.1) is 34.5 Å². The lowest BCUT2D eigenvalue weighted by Gasteiger charge is -2.59. The highest BCUT2D eigenvalue weighted by Gasteiger charge is 2.61. The highest BCUT2D eigenvalue weighted by atomic mass is 32.2. The lowest BCUT2D eigenvalue weighted by Crippen LogP contribution is -2.53. The molecular weight excluding hydrogens is 428 g/mol. The van der Waals surface area contributed by atoms with Gasteiger partial charge in [-0.25, -0.2) is 0 Å². The van der Waals surface area contributed by atoms with Crippen molar-refractivity contribution in [1.82, 2.24) is 0 Å². The van der Waals surface area contributed by atoms with Crippen LogP contribution in [0.3, 0.4) is 0 Å². The number of carbonyl (C=O) groups excluding carboxylic acids is 1. The van der Waals surface area contributed by atoms with Crippen LogP contribution in [0.2, 0.25) is 0 Å². The van der Waals surface area contributed by atoms with E-state index in [1.54, 1.807) is 5.57 Å². The summed E-state index contributed by atoms with van der Waals surface area (Å²) in [5.74, 6) is 3.54. The summed E-state index contributed by atoms with van der Waals surface area (Å²) in [7, 11) is 0. The zero-order chi connectivity index (χ0) is 23.2. The fraction of sp³-hybridized carbons (Fsp3) is 0.690. The number of allylic oxidation sites excluding steroid dienone is 1. The molecule has 3 saturated carbocycles. The Morgan fingerprint density at radius 2 is 1.94 bits per heavy atom. The Bertz CT molecular complexity index is 895. The fourth-order valence-electron chi connectivity index (χ4n) is 8.56. The Morgan fingerprint density at radius 3 is 2.67 bits per heavy atom. The van der Waals surface area contributed by atoms with Crippen LogP contribution in [0.4, 0.5) is 0 Å². The number of thioether (sulfide) groups is 1. The Hall–Kier alpha value is -1.26. The second kappa shape index (κ2) is 9.07. The van der Waals surface area contributed by atoms with Crippen molar-refractivity contribution < 1.29 is 14.6 Å². The van der Waals surface area contributed by atoms with Gasteiger partial charge in [-0.15, -0.1) is 11.8 Å². The molecular formula is C29H40O3S. The molecule has 0 heterocycles. The summed E-state index contributed by atoms with van der Waals surface area (Å²) in [5.41, 5.74) is 2.05. The molecule has 3 fully saturated rings. The number of aliphatic hydroxyl groups is 1. The molecule has 0 saturated heterocycles. The largest absolute Gasteiger partial charge is 0.462 e. The van der Waals surface area contributed by atoms with Crippen molar-refractivity contribution >= 4 is 17.7 Å². The second-order valence-electron chi connectivity index (χ2n) is 11.5. The van der Waals surface area contributed by atoms with Gasteiger partial charge in [0.05, 0.1) is 6.10 Å². The Labute approximate surface area is 203 Å². The summed E-state index contributed by atoms with van der Waals surface area (Å²) < 4.78 is 5.61. The number of ether oxygens (including phenoxy) is 1. The lowest BCUT2D eigenvalue weighted by molar-refractivity contribution is -0.148. The van der Waals surface area contributed by atoms with Gasteiger partial charge in [0.2, 0.25) is 0 Å². The fourth-order valence-corrected chi connectivity index (χ4v) is 9.91. The minimum absolute atomic E-state index is 0.0643. The summed E-state index contributed by atoms with van der Waals surface area (Å²) >= 11 is 2.01. The molecule has 3 nitrogen and oxygen atoms in total. The van der Waals surface area contributed by atoms with Gasteiger partial charge in [0.15, 0.2) is 0 Å². The third-order valence-corrected chi connectivity index (χ3v) is 11.3. The van der Waals surface area contributed by atoms with Gasteiger partial charge in [0, 0.05) is 24.0 Å². The van der Waals surface area contributed by atoms with E-state index in [9.17, 15) is 9.90 Å². The molecule has 1 aromatic carbocycles. The highest BCUT2D eigenvalue weighted by molar-refractivity contribution is 7.99. The van der Waals surface area contributed by atoms with Crippen LogP contribution in [0.15, 0.2) is 46.9 Å². The summed E-state index contributed by atoms with van der Waals surface area (Å²) in [6.07, 6.45) is 11.5. The van der Waals surface area contributed by atoms with Crippen LogP contribution in [-0.4, -0.2) is 29.0 Å². The molecule has 0 amide bonds. The van der Waals surface area contributed by atoms with Crippen molar-refractivity contribution in [1.29, 1.82) is 0 Å². The van der Waals surface area contributed by atoms with Gasteiger partial charge in [-0.2, -0.15) is 0 Å². The Morgan fingerprint density at radius 1 is 1.15 bits per heavy atom. The molecule has 33 heavy (non-hydrogen) atoms. The van der Waals surface area contributed by atoms with E-state index in [-0.39, 0.29) is 29.0 Å². The molecule has 180 valence electrons. The molecule has 4 aliphatic rings. The van der Waals surface area contributed by atoms with Crippen molar-refractivity contribution in [2.45, 2.75) is 89.2 Å². The van der Waals surface area contributed by atoms with E-state index >= 15 is 0 Å². The predicted molar refractivity (Wildman–Crippen MR) is 134 cm³/mol. The van der Waals surface area contributed by atoms with Crippen LogP contribution < -0.4 is 0 Å². The topological polar surface area (TPSA) is 46.5 Å². The van der Waals surface area contributed by atoms with E-state index in [4.69, 9.17) is 4.74 Å². The molecule has 1 aromatic rings. The van der Waals surface area contributed by atoms with E-state index in [1.165, 1.54) is 37.5 Å². The van der Waals surface area contributed by atoms with Gasteiger partial charge < -0.3 is 9.84 Å². The molecule has 4 heteroatoms. The lowest BCUT2D eigenvalue weighted by atomic mass is 9.47. The molecule has 0 radical (unpaired) electrons. The smallest absolute Gasteiger partial charge is 0.302 e. The van der Waals surface area contributed by atoms with E-state index in [0.717, 1.165) is 43.3 Å². The van der Waals surface area contributed by atoms with Crippen LogP contribution in [-0.2, 0) is 9.53 Å². The third-order valence-electron chi connectivity index (χ3n) is 10.0. The number of hydrogen-bond donors (Lipinski definition) is 1.